The number of nitrogens with zero attached hydrogens (tertiary/aromatic N) is 3. The van der Waals surface area contributed by atoms with Crippen LogP contribution in [0.4, 0.5) is 0 Å². The van der Waals surface area contributed by atoms with Crippen molar-refractivity contribution in [3.05, 3.63) is 39.7 Å². The van der Waals surface area contributed by atoms with Crippen LogP contribution in [0.5, 0.6) is 0 Å². The third-order valence-corrected chi connectivity index (χ3v) is 7.43. The van der Waals surface area contributed by atoms with Gasteiger partial charge in [0.1, 0.15) is 5.76 Å². The Kier molecular flexibility index (Phi) is 8.69. The zero-order chi connectivity index (χ0) is 23.2. The van der Waals surface area contributed by atoms with Crippen molar-refractivity contribution in [2.24, 2.45) is 5.92 Å². The Bertz CT molecular complexity index is 914. The number of nitrogens with one attached hydrogen (secondary N) is 1. The lowest BCUT2D eigenvalue weighted by molar-refractivity contribution is -0.126. The van der Waals surface area contributed by atoms with Gasteiger partial charge < -0.3 is 14.6 Å². The fourth-order valence-corrected chi connectivity index (χ4v) is 5.35. The summed E-state index contributed by atoms with van der Waals surface area (Å²) in [7, 11) is 0. The summed E-state index contributed by atoms with van der Waals surface area (Å²) in [5.41, 5.74) is 1.52. The first-order valence-corrected chi connectivity index (χ1v) is 12.9. The molecule has 4 rings (SSSR count). The molecule has 1 N–H and O–H groups in total. The Hall–Kier alpha value is -1.60. The fraction of sp³-hybridized carbons (Fsp3) is 0.600. The molecule has 0 saturated carbocycles. The van der Waals surface area contributed by atoms with Gasteiger partial charge in [0, 0.05) is 19.0 Å². The van der Waals surface area contributed by atoms with Gasteiger partial charge in [-0.3, -0.25) is 9.69 Å². The quantitative estimate of drug-likeness (QED) is 0.515. The molecule has 2 fully saturated rings. The molecule has 2 aromatic rings. The summed E-state index contributed by atoms with van der Waals surface area (Å²) in [6.07, 6.45) is 6.77. The van der Waals surface area contributed by atoms with Gasteiger partial charge in [-0.25, -0.2) is 4.98 Å². The molecule has 180 valence electrons. The Morgan fingerprint density at radius 1 is 1.09 bits per heavy atom. The maximum absolute atomic E-state index is 12.6. The lowest BCUT2D eigenvalue weighted by atomic mass is 9.95. The van der Waals surface area contributed by atoms with E-state index in [0.717, 1.165) is 56.9 Å². The van der Waals surface area contributed by atoms with E-state index in [0.29, 0.717) is 28.0 Å². The van der Waals surface area contributed by atoms with Gasteiger partial charge in [-0.1, -0.05) is 35.7 Å². The van der Waals surface area contributed by atoms with Gasteiger partial charge in [0.25, 0.3) is 0 Å². The molecule has 0 bridgehead atoms. The summed E-state index contributed by atoms with van der Waals surface area (Å²) in [4.78, 5) is 22.1. The van der Waals surface area contributed by atoms with Crippen molar-refractivity contribution >= 4 is 29.1 Å². The predicted molar refractivity (Wildman–Crippen MR) is 133 cm³/mol. The second-order valence-corrected chi connectivity index (χ2v) is 10.0. The molecule has 1 aromatic carbocycles. The highest BCUT2D eigenvalue weighted by molar-refractivity contribution is 6.38. The molecule has 2 aliphatic rings. The predicted octanol–water partition coefficient (Wildman–Crippen LogP) is 5.16. The number of carbonyl (C=O) groups excluding carboxylic acids is 1. The number of aromatic nitrogens is 1. The number of piperidine rings is 2. The fourth-order valence-electron chi connectivity index (χ4n) is 4.79. The van der Waals surface area contributed by atoms with Crippen LogP contribution >= 0.6 is 23.2 Å². The Morgan fingerprint density at radius 3 is 2.48 bits per heavy atom. The van der Waals surface area contributed by atoms with E-state index < -0.39 is 0 Å². The lowest BCUT2D eigenvalue weighted by Crippen LogP contribution is -2.41. The van der Waals surface area contributed by atoms with Crippen LogP contribution < -0.4 is 5.32 Å². The summed E-state index contributed by atoms with van der Waals surface area (Å²) in [6, 6.07) is 5.37. The van der Waals surface area contributed by atoms with E-state index in [9.17, 15) is 4.79 Å². The summed E-state index contributed by atoms with van der Waals surface area (Å²) in [6.45, 7) is 8.66. The molecule has 2 aliphatic heterocycles. The van der Waals surface area contributed by atoms with E-state index in [-0.39, 0.29) is 11.8 Å². The average Bonchev–Trinajstić information content (AvgIpc) is 3.17. The van der Waals surface area contributed by atoms with Crippen molar-refractivity contribution in [3.8, 4) is 11.5 Å². The van der Waals surface area contributed by atoms with E-state index >= 15 is 0 Å². The Labute approximate surface area is 206 Å². The van der Waals surface area contributed by atoms with Crippen LogP contribution in [0.15, 0.2) is 22.6 Å². The topological polar surface area (TPSA) is 61.6 Å². The molecular weight excluding hydrogens is 459 g/mol. The summed E-state index contributed by atoms with van der Waals surface area (Å²) in [5.74, 6) is 1.54. The number of oxazole rings is 1. The normalized spacial score (nSPS) is 18.5. The second-order valence-electron chi connectivity index (χ2n) is 9.22. The number of amides is 1. The Morgan fingerprint density at radius 2 is 1.79 bits per heavy atom. The van der Waals surface area contributed by atoms with E-state index in [1.807, 2.05) is 6.92 Å². The molecule has 1 amide bonds. The van der Waals surface area contributed by atoms with Gasteiger partial charge in [0.2, 0.25) is 11.8 Å². The molecule has 1 aromatic heterocycles. The lowest BCUT2D eigenvalue weighted by Gasteiger charge is -2.31. The van der Waals surface area contributed by atoms with Crippen LogP contribution in [0.3, 0.4) is 0 Å². The molecule has 6 nitrogen and oxygen atoms in total. The molecule has 2 saturated heterocycles. The maximum Gasteiger partial charge on any atom is 0.229 e. The Balaban J connectivity index is 1.22. The number of hydrogen-bond donors (Lipinski definition) is 1. The minimum absolute atomic E-state index is 0.104. The van der Waals surface area contributed by atoms with E-state index in [4.69, 9.17) is 27.6 Å². The minimum Gasteiger partial charge on any atom is -0.441 e. The first-order chi connectivity index (χ1) is 16.0. The van der Waals surface area contributed by atoms with Gasteiger partial charge >= 0.3 is 0 Å². The smallest absolute Gasteiger partial charge is 0.229 e. The number of likely N-dealkylation sites (tertiary alicyclic amines) is 2. The third kappa shape index (κ3) is 6.50. The first-order valence-electron chi connectivity index (χ1n) is 12.1. The number of aryl methyl sites for hydroxylation is 1. The molecule has 0 spiro atoms. The highest BCUT2D eigenvalue weighted by Crippen LogP contribution is 2.35. The van der Waals surface area contributed by atoms with Crippen LogP contribution in [0.25, 0.3) is 11.5 Å². The van der Waals surface area contributed by atoms with Gasteiger partial charge in [-0.15, -0.1) is 0 Å². The van der Waals surface area contributed by atoms with Crippen LogP contribution in [0.2, 0.25) is 10.0 Å². The molecule has 0 aliphatic carbocycles. The minimum atomic E-state index is 0.104. The highest BCUT2D eigenvalue weighted by atomic mass is 35.5. The van der Waals surface area contributed by atoms with E-state index in [1.165, 1.54) is 32.4 Å². The number of carbonyl (C=O) groups is 1. The van der Waals surface area contributed by atoms with Crippen molar-refractivity contribution in [1.29, 1.82) is 0 Å². The standard InChI is InChI=1S/C25H34Cl2N4O2/c1-18-22(29-25(33-18)23-20(26)7-5-8-21(23)27)17-31-15-9-19(10-16-31)24(32)28-11-6-14-30-12-3-2-4-13-30/h5,7-8,19H,2-4,6,9-17H2,1H3,(H,28,32). The van der Waals surface area contributed by atoms with Crippen LogP contribution in [-0.2, 0) is 11.3 Å². The number of rotatable bonds is 8. The molecule has 0 atom stereocenters. The van der Waals surface area contributed by atoms with Crippen LogP contribution in [0, 0.1) is 12.8 Å². The SMILES string of the molecule is Cc1oc(-c2c(Cl)cccc2Cl)nc1CN1CCC(C(=O)NCCCN2CCCCC2)CC1. The van der Waals surface area contributed by atoms with Crippen molar-refractivity contribution in [2.75, 3.05) is 39.3 Å². The van der Waals surface area contributed by atoms with Crippen molar-refractivity contribution in [3.63, 3.8) is 0 Å². The van der Waals surface area contributed by atoms with Crippen molar-refractivity contribution in [1.82, 2.24) is 20.1 Å². The van der Waals surface area contributed by atoms with Gasteiger partial charge in [0.15, 0.2) is 0 Å². The molecule has 33 heavy (non-hydrogen) atoms. The number of hydrogen-bond acceptors (Lipinski definition) is 5. The van der Waals surface area contributed by atoms with Gasteiger partial charge in [0.05, 0.1) is 21.3 Å². The van der Waals surface area contributed by atoms with Crippen LogP contribution in [-0.4, -0.2) is 60.0 Å². The number of halogens is 2. The van der Waals surface area contributed by atoms with Crippen molar-refractivity contribution in [2.45, 2.75) is 52.0 Å². The second kappa shape index (κ2) is 11.7. The molecular formula is C25H34Cl2N4O2. The zero-order valence-corrected chi connectivity index (χ0v) is 20.9. The monoisotopic (exact) mass is 492 g/mol. The third-order valence-electron chi connectivity index (χ3n) is 6.80. The zero-order valence-electron chi connectivity index (χ0n) is 19.4. The highest BCUT2D eigenvalue weighted by Gasteiger charge is 2.26. The van der Waals surface area contributed by atoms with Crippen LogP contribution in [0.1, 0.15) is 50.0 Å². The summed E-state index contributed by atoms with van der Waals surface area (Å²) in [5, 5.41) is 4.21. The van der Waals surface area contributed by atoms with Gasteiger partial charge in [-0.05, 0) is 83.9 Å². The van der Waals surface area contributed by atoms with E-state index in [1.54, 1.807) is 18.2 Å². The molecule has 8 heteroatoms. The summed E-state index contributed by atoms with van der Waals surface area (Å²) < 4.78 is 5.89. The average molecular weight is 493 g/mol. The molecule has 0 radical (unpaired) electrons. The molecule has 3 heterocycles. The number of benzene rings is 1. The van der Waals surface area contributed by atoms with Crippen molar-refractivity contribution < 1.29 is 9.21 Å². The molecule has 0 unspecified atom stereocenters. The maximum atomic E-state index is 12.6. The largest absolute Gasteiger partial charge is 0.441 e. The first kappa shape index (κ1) is 24.5. The van der Waals surface area contributed by atoms with E-state index in [2.05, 4.69) is 20.1 Å². The van der Waals surface area contributed by atoms with Gasteiger partial charge in [-0.2, -0.15) is 0 Å². The summed E-state index contributed by atoms with van der Waals surface area (Å²) >= 11 is 12.6.